The molecule has 0 aliphatic carbocycles. The molecular formula is C20H21N3O5. The Hall–Kier alpha value is -3.55. The molecule has 2 N–H and O–H groups in total. The summed E-state index contributed by atoms with van der Waals surface area (Å²) in [6.45, 7) is 0.141. The molecule has 3 rings (SSSR count). The fourth-order valence-electron chi connectivity index (χ4n) is 2.92. The van der Waals surface area contributed by atoms with Gasteiger partial charge < -0.3 is 19.8 Å². The van der Waals surface area contributed by atoms with Crippen molar-refractivity contribution < 1.29 is 14.3 Å². The monoisotopic (exact) mass is 383 g/mol. The van der Waals surface area contributed by atoms with Gasteiger partial charge in [0.25, 0.3) is 5.56 Å². The molecule has 0 spiro atoms. The number of amides is 1. The molecule has 28 heavy (non-hydrogen) atoms. The predicted molar refractivity (Wildman–Crippen MR) is 106 cm³/mol. The van der Waals surface area contributed by atoms with Crippen LogP contribution in [0.25, 0.3) is 10.9 Å². The van der Waals surface area contributed by atoms with Crippen molar-refractivity contribution in [1.82, 2.24) is 9.55 Å². The lowest BCUT2D eigenvalue weighted by molar-refractivity contribution is -0.116. The van der Waals surface area contributed by atoms with Gasteiger partial charge in [-0.1, -0.05) is 12.1 Å². The third kappa shape index (κ3) is 4.06. The maximum absolute atomic E-state index is 12.5. The lowest BCUT2D eigenvalue weighted by Gasteiger charge is -2.12. The van der Waals surface area contributed by atoms with E-state index in [1.165, 1.54) is 14.2 Å². The highest BCUT2D eigenvalue weighted by Gasteiger charge is 2.11. The molecule has 146 valence electrons. The number of rotatable bonds is 7. The van der Waals surface area contributed by atoms with E-state index in [2.05, 4.69) is 10.3 Å². The van der Waals surface area contributed by atoms with Crippen LogP contribution in [0.3, 0.4) is 0 Å². The summed E-state index contributed by atoms with van der Waals surface area (Å²) >= 11 is 0. The largest absolute Gasteiger partial charge is 0.497 e. The molecule has 1 aromatic heterocycles. The first-order valence-corrected chi connectivity index (χ1v) is 8.77. The Labute approximate surface area is 160 Å². The molecule has 1 heterocycles. The van der Waals surface area contributed by atoms with E-state index in [1.807, 2.05) is 0 Å². The van der Waals surface area contributed by atoms with Gasteiger partial charge in [-0.05, 0) is 30.7 Å². The number of hydrogen-bond acceptors (Lipinski definition) is 5. The van der Waals surface area contributed by atoms with Crippen LogP contribution in [-0.4, -0.2) is 29.7 Å². The van der Waals surface area contributed by atoms with Gasteiger partial charge in [0.2, 0.25) is 5.91 Å². The van der Waals surface area contributed by atoms with Crippen LogP contribution in [0, 0.1) is 0 Å². The highest BCUT2D eigenvalue weighted by molar-refractivity contribution is 5.92. The average Bonchev–Trinajstić information content (AvgIpc) is 2.70. The Bertz CT molecular complexity index is 1120. The van der Waals surface area contributed by atoms with E-state index in [0.717, 1.165) is 4.57 Å². The van der Waals surface area contributed by atoms with E-state index in [-0.39, 0.29) is 24.4 Å². The molecule has 0 bridgehead atoms. The number of carbonyl (C=O) groups excluding carboxylic acids is 1. The van der Waals surface area contributed by atoms with Crippen LogP contribution in [0.15, 0.2) is 52.1 Å². The highest BCUT2D eigenvalue weighted by atomic mass is 16.5. The number of fused-ring (bicyclic) bond motifs is 1. The molecule has 1 amide bonds. The van der Waals surface area contributed by atoms with Crippen LogP contribution in [0.4, 0.5) is 5.69 Å². The molecule has 0 radical (unpaired) electrons. The summed E-state index contributed by atoms with van der Waals surface area (Å²) in [6.07, 6.45) is 0.471. The summed E-state index contributed by atoms with van der Waals surface area (Å²) in [4.78, 5) is 39.6. The van der Waals surface area contributed by atoms with Gasteiger partial charge in [0.1, 0.15) is 11.5 Å². The Morgan fingerprint density at radius 3 is 2.64 bits per heavy atom. The maximum Gasteiger partial charge on any atom is 0.328 e. The first kappa shape index (κ1) is 19.2. The third-order valence-electron chi connectivity index (χ3n) is 4.36. The zero-order chi connectivity index (χ0) is 20.1. The molecule has 0 aliphatic rings. The van der Waals surface area contributed by atoms with Crippen LogP contribution in [0.1, 0.15) is 12.8 Å². The highest BCUT2D eigenvalue weighted by Crippen LogP contribution is 2.29. The van der Waals surface area contributed by atoms with Crippen LogP contribution in [-0.2, 0) is 11.3 Å². The van der Waals surface area contributed by atoms with Gasteiger partial charge in [0.05, 0.1) is 30.8 Å². The summed E-state index contributed by atoms with van der Waals surface area (Å²) in [6, 6.07) is 11.9. The van der Waals surface area contributed by atoms with Crippen LogP contribution in [0.5, 0.6) is 11.5 Å². The number of methoxy groups -OCH3 is 2. The number of aromatic nitrogens is 2. The minimum atomic E-state index is -0.487. The van der Waals surface area contributed by atoms with E-state index in [4.69, 9.17) is 9.47 Å². The van der Waals surface area contributed by atoms with E-state index >= 15 is 0 Å². The molecule has 0 aliphatic heterocycles. The molecule has 0 unspecified atom stereocenters. The van der Waals surface area contributed by atoms with Crippen molar-refractivity contribution in [3.05, 3.63) is 63.3 Å². The zero-order valence-electron chi connectivity index (χ0n) is 15.7. The van der Waals surface area contributed by atoms with Gasteiger partial charge >= 0.3 is 5.69 Å². The number of nitrogens with zero attached hydrogens (tertiary/aromatic N) is 1. The molecule has 0 atom stereocenters. The maximum atomic E-state index is 12.5. The third-order valence-corrected chi connectivity index (χ3v) is 4.36. The number of para-hydroxylation sites is 1. The number of hydrogen-bond donors (Lipinski definition) is 2. The molecule has 0 saturated heterocycles. The van der Waals surface area contributed by atoms with Crippen molar-refractivity contribution >= 4 is 22.5 Å². The molecule has 0 fully saturated rings. The van der Waals surface area contributed by atoms with Crippen molar-refractivity contribution in [2.75, 3.05) is 19.5 Å². The molecule has 8 heteroatoms. The fraction of sp³-hybridized carbons (Fsp3) is 0.250. The average molecular weight is 383 g/mol. The van der Waals surface area contributed by atoms with Crippen LogP contribution in [0.2, 0.25) is 0 Å². The number of H-pyrrole nitrogens is 1. The smallest absolute Gasteiger partial charge is 0.328 e. The van der Waals surface area contributed by atoms with Crippen molar-refractivity contribution in [1.29, 1.82) is 0 Å². The van der Waals surface area contributed by atoms with Crippen LogP contribution < -0.4 is 26.0 Å². The lowest BCUT2D eigenvalue weighted by Crippen LogP contribution is -2.35. The molecule has 3 aromatic rings. The SMILES string of the molecule is COc1ccc(OC)c(NC(=O)CCCn2c(=O)[nH]c3ccccc3c2=O)c1. The van der Waals surface area contributed by atoms with Crippen molar-refractivity contribution in [3.8, 4) is 11.5 Å². The number of anilines is 1. The number of aromatic amines is 1. The Morgan fingerprint density at radius 2 is 1.89 bits per heavy atom. The van der Waals surface area contributed by atoms with E-state index in [0.29, 0.717) is 34.5 Å². The summed E-state index contributed by atoms with van der Waals surface area (Å²) in [7, 11) is 3.04. The standard InChI is InChI=1S/C20H21N3O5/c1-27-13-9-10-17(28-2)16(12-13)21-18(24)8-5-11-23-19(25)14-6-3-4-7-15(14)22-20(23)26/h3-4,6-7,9-10,12H,5,8,11H2,1-2H3,(H,21,24)(H,22,26). The van der Waals surface area contributed by atoms with Gasteiger partial charge in [-0.15, -0.1) is 0 Å². The summed E-state index contributed by atoms with van der Waals surface area (Å²) in [5, 5.41) is 3.20. The van der Waals surface area contributed by atoms with E-state index < -0.39 is 5.69 Å². The first-order valence-electron chi connectivity index (χ1n) is 8.77. The van der Waals surface area contributed by atoms with Crippen molar-refractivity contribution in [2.45, 2.75) is 19.4 Å². The number of carbonyl (C=O) groups is 1. The fourth-order valence-corrected chi connectivity index (χ4v) is 2.92. The van der Waals surface area contributed by atoms with E-state index in [9.17, 15) is 14.4 Å². The van der Waals surface area contributed by atoms with Gasteiger partial charge in [0.15, 0.2) is 0 Å². The Balaban J connectivity index is 1.67. The first-order chi connectivity index (χ1) is 13.5. The zero-order valence-corrected chi connectivity index (χ0v) is 15.7. The summed E-state index contributed by atoms with van der Waals surface area (Å²) < 4.78 is 11.5. The minimum absolute atomic E-state index is 0.138. The van der Waals surface area contributed by atoms with E-state index in [1.54, 1.807) is 42.5 Å². The van der Waals surface area contributed by atoms with Crippen LogP contribution >= 0.6 is 0 Å². The molecule has 0 saturated carbocycles. The quantitative estimate of drug-likeness (QED) is 0.651. The topological polar surface area (TPSA) is 102 Å². The van der Waals surface area contributed by atoms with Gasteiger partial charge in [-0.3, -0.25) is 14.2 Å². The Morgan fingerprint density at radius 1 is 1.11 bits per heavy atom. The second-order valence-electron chi connectivity index (χ2n) is 6.15. The number of ether oxygens (including phenoxy) is 2. The van der Waals surface area contributed by atoms with Crippen molar-refractivity contribution in [3.63, 3.8) is 0 Å². The molecular weight excluding hydrogens is 362 g/mol. The van der Waals surface area contributed by atoms with Gasteiger partial charge in [-0.25, -0.2) is 4.79 Å². The second kappa shape index (κ2) is 8.43. The normalized spacial score (nSPS) is 10.6. The van der Waals surface area contributed by atoms with Crippen molar-refractivity contribution in [2.24, 2.45) is 0 Å². The molecule has 2 aromatic carbocycles. The predicted octanol–water partition coefficient (Wildman–Crippen LogP) is 2.13. The summed E-state index contributed by atoms with van der Waals surface area (Å²) in [5.74, 6) is 0.846. The second-order valence-corrected chi connectivity index (χ2v) is 6.15. The Kier molecular flexibility index (Phi) is 5.78. The van der Waals surface area contributed by atoms with Gasteiger partial charge in [-0.2, -0.15) is 0 Å². The lowest BCUT2D eigenvalue weighted by atomic mass is 10.2. The number of nitrogens with one attached hydrogen (secondary N) is 2. The molecule has 8 nitrogen and oxygen atoms in total. The summed E-state index contributed by atoms with van der Waals surface area (Å²) in [5.41, 5.74) is 0.136. The number of benzene rings is 2. The van der Waals surface area contributed by atoms with Gasteiger partial charge in [0, 0.05) is 19.0 Å². The minimum Gasteiger partial charge on any atom is -0.497 e.